The van der Waals surface area contributed by atoms with E-state index in [4.69, 9.17) is 0 Å². The molecule has 0 bridgehead atoms. The third-order valence-electron chi connectivity index (χ3n) is 4.84. The van der Waals surface area contributed by atoms with Gasteiger partial charge in [0, 0.05) is 24.4 Å². The SMILES string of the molecule is CC(C)(C)c1nccn1CCC(C#N)(c1ccccc1)c1ccccc1. The Hall–Kier alpha value is -2.86. The quantitative estimate of drug-likeness (QED) is 0.648. The number of benzene rings is 2. The average molecular weight is 343 g/mol. The average Bonchev–Trinajstić information content (AvgIpc) is 3.14. The number of hydrogen-bond donors (Lipinski definition) is 0. The number of nitrogens with zero attached hydrogens (tertiary/aromatic N) is 3. The molecule has 0 atom stereocenters. The standard InChI is InChI=1S/C23H25N3/c1-22(2,3)21-25-15-17-26(21)16-14-23(18-24,19-10-6-4-7-11-19)20-12-8-5-9-13-20/h4-13,15,17H,14,16H2,1-3H3. The number of rotatable bonds is 5. The van der Waals surface area contributed by atoms with Crippen molar-refractivity contribution in [3.63, 3.8) is 0 Å². The van der Waals surface area contributed by atoms with Crippen LogP contribution >= 0.6 is 0 Å². The van der Waals surface area contributed by atoms with Gasteiger partial charge in [-0.15, -0.1) is 0 Å². The van der Waals surface area contributed by atoms with E-state index in [1.54, 1.807) is 0 Å². The number of nitriles is 1. The largest absolute Gasteiger partial charge is 0.334 e. The van der Waals surface area contributed by atoms with Gasteiger partial charge in [0.1, 0.15) is 11.2 Å². The van der Waals surface area contributed by atoms with Gasteiger partial charge in [-0.2, -0.15) is 5.26 Å². The molecule has 132 valence electrons. The molecule has 1 aromatic heterocycles. The highest BCUT2D eigenvalue weighted by Gasteiger charge is 2.34. The second kappa shape index (κ2) is 7.17. The second-order valence-corrected chi connectivity index (χ2v) is 7.69. The Balaban J connectivity index is 2.01. The Bertz CT molecular complexity index is 841. The van der Waals surface area contributed by atoms with Crippen LogP contribution in [0.5, 0.6) is 0 Å². The topological polar surface area (TPSA) is 41.6 Å². The fourth-order valence-electron chi connectivity index (χ4n) is 3.51. The molecule has 0 spiro atoms. The summed E-state index contributed by atoms with van der Waals surface area (Å²) in [5.41, 5.74) is 1.36. The predicted octanol–water partition coefficient (Wildman–Crippen LogP) is 5.08. The van der Waals surface area contributed by atoms with Crippen LogP contribution in [0, 0.1) is 11.3 Å². The fraction of sp³-hybridized carbons (Fsp3) is 0.304. The van der Waals surface area contributed by atoms with Gasteiger partial charge < -0.3 is 4.57 Å². The molecule has 3 nitrogen and oxygen atoms in total. The number of aryl methyl sites for hydroxylation is 1. The van der Waals surface area contributed by atoms with Gasteiger partial charge in [0.05, 0.1) is 6.07 Å². The van der Waals surface area contributed by atoms with E-state index >= 15 is 0 Å². The Morgan fingerprint density at radius 1 is 0.923 bits per heavy atom. The second-order valence-electron chi connectivity index (χ2n) is 7.69. The van der Waals surface area contributed by atoms with Crippen molar-refractivity contribution in [3.05, 3.63) is 90.0 Å². The summed E-state index contributed by atoms with van der Waals surface area (Å²) in [4.78, 5) is 4.54. The van der Waals surface area contributed by atoms with Crippen LogP contribution in [0.15, 0.2) is 73.1 Å². The molecule has 0 unspecified atom stereocenters. The molecule has 0 fully saturated rings. The molecule has 0 aliphatic rings. The zero-order chi connectivity index (χ0) is 18.6. The molecule has 3 aromatic rings. The van der Waals surface area contributed by atoms with Crippen molar-refractivity contribution >= 4 is 0 Å². The number of hydrogen-bond acceptors (Lipinski definition) is 2. The van der Waals surface area contributed by atoms with Crippen LogP contribution in [0.25, 0.3) is 0 Å². The van der Waals surface area contributed by atoms with Crippen LogP contribution in [-0.4, -0.2) is 9.55 Å². The lowest BCUT2D eigenvalue weighted by molar-refractivity contribution is 0.460. The number of aromatic nitrogens is 2. The van der Waals surface area contributed by atoms with E-state index in [-0.39, 0.29) is 5.41 Å². The smallest absolute Gasteiger partial charge is 0.114 e. The molecule has 0 aliphatic heterocycles. The lowest BCUT2D eigenvalue weighted by atomic mass is 9.73. The molecular formula is C23H25N3. The summed E-state index contributed by atoms with van der Waals surface area (Å²) in [5.74, 6) is 1.05. The molecule has 0 saturated heterocycles. The van der Waals surface area contributed by atoms with E-state index in [9.17, 15) is 5.26 Å². The molecule has 0 N–H and O–H groups in total. The first-order valence-corrected chi connectivity index (χ1v) is 9.01. The molecule has 1 heterocycles. The Morgan fingerprint density at radius 2 is 1.46 bits per heavy atom. The normalized spacial score (nSPS) is 11.9. The lowest BCUT2D eigenvalue weighted by Gasteiger charge is -2.29. The Kier molecular flexibility index (Phi) is 4.95. The van der Waals surface area contributed by atoms with E-state index in [0.29, 0.717) is 6.42 Å². The number of imidazole rings is 1. The highest BCUT2D eigenvalue weighted by Crippen LogP contribution is 2.36. The van der Waals surface area contributed by atoms with E-state index in [0.717, 1.165) is 23.5 Å². The molecule has 2 aromatic carbocycles. The maximum atomic E-state index is 10.3. The van der Waals surface area contributed by atoms with Crippen LogP contribution in [0.1, 0.15) is 44.1 Å². The van der Waals surface area contributed by atoms with Crippen LogP contribution in [-0.2, 0) is 17.4 Å². The zero-order valence-corrected chi connectivity index (χ0v) is 15.7. The van der Waals surface area contributed by atoms with Crippen molar-refractivity contribution in [2.45, 2.75) is 44.6 Å². The first-order valence-electron chi connectivity index (χ1n) is 9.01. The van der Waals surface area contributed by atoms with E-state index < -0.39 is 5.41 Å². The van der Waals surface area contributed by atoms with Crippen LogP contribution in [0.3, 0.4) is 0 Å². The minimum absolute atomic E-state index is 0.0295. The van der Waals surface area contributed by atoms with Crippen molar-refractivity contribution < 1.29 is 0 Å². The third kappa shape index (κ3) is 3.41. The van der Waals surface area contributed by atoms with Gasteiger partial charge >= 0.3 is 0 Å². The summed E-state index contributed by atoms with van der Waals surface area (Å²) in [7, 11) is 0. The van der Waals surface area contributed by atoms with Crippen LogP contribution < -0.4 is 0 Å². The molecular weight excluding hydrogens is 318 g/mol. The van der Waals surface area contributed by atoms with Crippen molar-refractivity contribution in [1.82, 2.24) is 9.55 Å². The third-order valence-corrected chi connectivity index (χ3v) is 4.84. The first kappa shape index (κ1) is 17.9. The summed E-state index contributed by atoms with van der Waals surface area (Å²) in [6.45, 7) is 7.23. The van der Waals surface area contributed by atoms with Gasteiger partial charge in [-0.25, -0.2) is 4.98 Å². The molecule has 26 heavy (non-hydrogen) atoms. The molecule has 0 radical (unpaired) electrons. The summed E-state index contributed by atoms with van der Waals surface area (Å²) >= 11 is 0. The summed E-state index contributed by atoms with van der Waals surface area (Å²) in [6.07, 6.45) is 4.55. The van der Waals surface area contributed by atoms with Gasteiger partial charge in [0.2, 0.25) is 0 Å². The molecule has 3 heteroatoms. The van der Waals surface area contributed by atoms with Gasteiger partial charge in [0.25, 0.3) is 0 Å². The lowest BCUT2D eigenvalue weighted by Crippen LogP contribution is -2.29. The summed E-state index contributed by atoms with van der Waals surface area (Å²) in [5, 5.41) is 10.3. The maximum absolute atomic E-state index is 10.3. The predicted molar refractivity (Wildman–Crippen MR) is 105 cm³/mol. The fourth-order valence-corrected chi connectivity index (χ4v) is 3.51. The minimum Gasteiger partial charge on any atom is -0.334 e. The van der Waals surface area contributed by atoms with Crippen LogP contribution in [0.4, 0.5) is 0 Å². The van der Waals surface area contributed by atoms with Gasteiger partial charge in [0.15, 0.2) is 0 Å². The van der Waals surface area contributed by atoms with Crippen molar-refractivity contribution in [2.75, 3.05) is 0 Å². The van der Waals surface area contributed by atoms with Gasteiger partial charge in [-0.05, 0) is 17.5 Å². The highest BCUT2D eigenvalue weighted by atomic mass is 15.1. The van der Waals surface area contributed by atoms with Crippen molar-refractivity contribution in [1.29, 1.82) is 5.26 Å². The molecule has 0 saturated carbocycles. The first-order chi connectivity index (χ1) is 12.5. The maximum Gasteiger partial charge on any atom is 0.114 e. The van der Waals surface area contributed by atoms with E-state index in [2.05, 4.69) is 60.7 Å². The van der Waals surface area contributed by atoms with Gasteiger partial charge in [-0.1, -0.05) is 81.4 Å². The van der Waals surface area contributed by atoms with Gasteiger partial charge in [-0.3, -0.25) is 0 Å². The van der Waals surface area contributed by atoms with E-state index in [1.807, 2.05) is 48.8 Å². The minimum atomic E-state index is -0.679. The Morgan fingerprint density at radius 3 is 1.92 bits per heavy atom. The summed E-state index contributed by atoms with van der Waals surface area (Å²) < 4.78 is 2.18. The zero-order valence-electron chi connectivity index (χ0n) is 15.7. The highest BCUT2D eigenvalue weighted by molar-refractivity contribution is 5.45. The molecule has 3 rings (SSSR count). The Labute approximate surface area is 155 Å². The summed E-state index contributed by atoms with van der Waals surface area (Å²) in [6, 6.07) is 22.8. The van der Waals surface area contributed by atoms with Crippen LogP contribution in [0.2, 0.25) is 0 Å². The monoisotopic (exact) mass is 343 g/mol. The van der Waals surface area contributed by atoms with E-state index in [1.165, 1.54) is 0 Å². The molecule has 0 aliphatic carbocycles. The van der Waals surface area contributed by atoms with Crippen molar-refractivity contribution in [3.8, 4) is 6.07 Å². The van der Waals surface area contributed by atoms with Crippen molar-refractivity contribution in [2.24, 2.45) is 0 Å². The molecule has 0 amide bonds.